The Morgan fingerprint density at radius 3 is 1.91 bits per heavy atom. The van der Waals surface area contributed by atoms with Crippen LogP contribution in [0.5, 0.6) is 0 Å². The number of benzene rings is 2. The first-order chi connectivity index (χ1) is 11.1. The summed E-state index contributed by atoms with van der Waals surface area (Å²) in [7, 11) is 0. The highest BCUT2D eigenvalue weighted by atomic mass is 35.5. The smallest absolute Gasteiger partial charge is 0.124 e. The summed E-state index contributed by atoms with van der Waals surface area (Å²) in [6.45, 7) is 5.56. The number of rotatable bonds is 4. The molecule has 23 heavy (non-hydrogen) atoms. The molecule has 1 fully saturated rings. The normalized spacial score (nSPS) is 16.7. The highest BCUT2D eigenvalue weighted by molar-refractivity contribution is 6.31. The summed E-state index contributed by atoms with van der Waals surface area (Å²) in [6, 6.07) is 12.6. The van der Waals surface area contributed by atoms with Crippen molar-refractivity contribution >= 4 is 23.2 Å². The molecular weight excluding hydrogens is 334 g/mol. The predicted octanol–water partition coefficient (Wildman–Crippen LogP) is 4.45. The molecule has 0 bridgehead atoms. The second kappa shape index (κ2) is 7.63. The number of hydrogen-bond acceptors (Lipinski definition) is 2. The highest BCUT2D eigenvalue weighted by Crippen LogP contribution is 2.21. The lowest BCUT2D eigenvalue weighted by molar-refractivity contribution is 0.122. The maximum Gasteiger partial charge on any atom is 0.124 e. The average Bonchev–Trinajstić information content (AvgIpc) is 2.54. The Morgan fingerprint density at radius 1 is 0.783 bits per heavy atom. The van der Waals surface area contributed by atoms with Crippen LogP contribution in [0.2, 0.25) is 10.0 Å². The van der Waals surface area contributed by atoms with E-state index in [1.807, 2.05) is 18.2 Å². The Labute approximate surface area is 146 Å². The van der Waals surface area contributed by atoms with E-state index in [0.29, 0.717) is 5.02 Å². The van der Waals surface area contributed by atoms with Crippen LogP contribution in [0, 0.1) is 5.82 Å². The minimum Gasteiger partial charge on any atom is -0.296 e. The van der Waals surface area contributed by atoms with Gasteiger partial charge in [0.1, 0.15) is 5.82 Å². The quantitative estimate of drug-likeness (QED) is 0.801. The summed E-state index contributed by atoms with van der Waals surface area (Å²) in [5.41, 5.74) is 2.15. The number of piperazine rings is 1. The molecule has 1 aliphatic heterocycles. The molecule has 0 radical (unpaired) electrons. The van der Waals surface area contributed by atoms with Gasteiger partial charge in [-0.15, -0.1) is 0 Å². The van der Waals surface area contributed by atoms with Crippen molar-refractivity contribution in [3.63, 3.8) is 0 Å². The predicted molar refractivity (Wildman–Crippen MR) is 93.4 cm³/mol. The van der Waals surface area contributed by atoms with E-state index >= 15 is 0 Å². The van der Waals surface area contributed by atoms with Crippen molar-refractivity contribution < 1.29 is 4.39 Å². The third-order valence-corrected chi connectivity index (χ3v) is 4.95. The molecule has 0 spiro atoms. The molecule has 0 aliphatic carbocycles. The van der Waals surface area contributed by atoms with E-state index in [1.165, 1.54) is 17.7 Å². The van der Waals surface area contributed by atoms with Crippen LogP contribution in [0.3, 0.4) is 0 Å². The van der Waals surface area contributed by atoms with Crippen LogP contribution in [-0.4, -0.2) is 36.0 Å². The Kier molecular flexibility index (Phi) is 5.54. The molecule has 2 aromatic carbocycles. The van der Waals surface area contributed by atoms with Crippen molar-refractivity contribution in [2.75, 3.05) is 26.2 Å². The molecule has 1 heterocycles. The van der Waals surface area contributed by atoms with Crippen LogP contribution < -0.4 is 0 Å². The first-order valence-electron chi connectivity index (χ1n) is 7.74. The third kappa shape index (κ3) is 4.45. The maximum atomic E-state index is 13.1. The van der Waals surface area contributed by atoms with Gasteiger partial charge in [-0.25, -0.2) is 4.39 Å². The molecule has 0 amide bonds. The van der Waals surface area contributed by atoms with Gasteiger partial charge in [-0.2, -0.15) is 0 Å². The molecule has 0 N–H and O–H groups in total. The van der Waals surface area contributed by atoms with Crippen molar-refractivity contribution in [2.24, 2.45) is 0 Å². The van der Waals surface area contributed by atoms with Gasteiger partial charge in [0.25, 0.3) is 0 Å². The Morgan fingerprint density at radius 2 is 1.35 bits per heavy atom. The summed E-state index contributed by atoms with van der Waals surface area (Å²) >= 11 is 12.3. The highest BCUT2D eigenvalue weighted by Gasteiger charge is 2.18. The van der Waals surface area contributed by atoms with Crippen LogP contribution in [0.4, 0.5) is 4.39 Å². The van der Waals surface area contributed by atoms with Gasteiger partial charge in [0.05, 0.1) is 0 Å². The van der Waals surface area contributed by atoms with Gasteiger partial charge >= 0.3 is 0 Å². The summed E-state index contributed by atoms with van der Waals surface area (Å²) < 4.78 is 13.1. The summed E-state index contributed by atoms with van der Waals surface area (Å²) in [4.78, 5) is 4.76. The van der Waals surface area contributed by atoms with Crippen LogP contribution >= 0.6 is 23.2 Å². The summed E-state index contributed by atoms with van der Waals surface area (Å²) in [5, 5.41) is 1.33. The Bertz CT molecular complexity index is 670. The van der Waals surface area contributed by atoms with Gasteiger partial charge in [-0.05, 0) is 29.3 Å². The molecule has 2 aromatic rings. The van der Waals surface area contributed by atoms with Crippen LogP contribution in [0.25, 0.3) is 0 Å². The van der Waals surface area contributed by atoms with Crippen molar-refractivity contribution in [1.29, 1.82) is 0 Å². The zero-order chi connectivity index (χ0) is 16.2. The molecule has 0 saturated carbocycles. The lowest BCUT2D eigenvalue weighted by atomic mass is 10.1. The number of nitrogens with zero attached hydrogens (tertiary/aromatic N) is 2. The molecule has 1 aliphatic rings. The zero-order valence-electron chi connectivity index (χ0n) is 12.8. The molecule has 2 nitrogen and oxygen atoms in total. The standard InChI is InChI=1S/C18H19Cl2FN2/c19-17-4-2-1-3-14(17)12-22-7-9-23(10-8-22)13-15-5-6-16(21)11-18(15)20/h1-6,11H,7-10,12-13H2. The lowest BCUT2D eigenvalue weighted by Gasteiger charge is -2.35. The van der Waals surface area contributed by atoms with Gasteiger partial charge < -0.3 is 0 Å². The third-order valence-electron chi connectivity index (χ3n) is 4.23. The Hall–Kier alpha value is -1.13. The van der Waals surface area contributed by atoms with Gasteiger partial charge in [0.15, 0.2) is 0 Å². The van der Waals surface area contributed by atoms with Crippen molar-refractivity contribution in [3.05, 3.63) is 69.5 Å². The van der Waals surface area contributed by atoms with Crippen LogP contribution in [0.15, 0.2) is 42.5 Å². The van der Waals surface area contributed by atoms with E-state index in [4.69, 9.17) is 23.2 Å². The molecule has 0 unspecified atom stereocenters. The second-order valence-corrected chi connectivity index (χ2v) is 6.69. The SMILES string of the molecule is Fc1ccc(CN2CCN(Cc3ccccc3Cl)CC2)c(Cl)c1. The first kappa shape index (κ1) is 16.7. The summed E-state index contributed by atoms with van der Waals surface area (Å²) in [6.07, 6.45) is 0. The molecule has 0 aromatic heterocycles. The largest absolute Gasteiger partial charge is 0.296 e. The van der Waals surface area contributed by atoms with E-state index in [0.717, 1.165) is 49.9 Å². The first-order valence-corrected chi connectivity index (χ1v) is 8.49. The summed E-state index contributed by atoms with van der Waals surface area (Å²) in [5.74, 6) is -0.289. The molecule has 1 saturated heterocycles. The fraction of sp³-hybridized carbons (Fsp3) is 0.333. The van der Waals surface area contributed by atoms with Crippen LogP contribution in [0.1, 0.15) is 11.1 Å². The molecular formula is C18H19Cl2FN2. The van der Waals surface area contributed by atoms with Gasteiger partial charge in [-0.1, -0.05) is 47.5 Å². The van der Waals surface area contributed by atoms with E-state index in [2.05, 4.69) is 15.9 Å². The Balaban J connectivity index is 1.53. The maximum absolute atomic E-state index is 13.1. The van der Waals surface area contributed by atoms with E-state index in [-0.39, 0.29) is 5.82 Å². The fourth-order valence-corrected chi connectivity index (χ4v) is 3.29. The lowest BCUT2D eigenvalue weighted by Crippen LogP contribution is -2.45. The number of halogens is 3. The van der Waals surface area contributed by atoms with Crippen molar-refractivity contribution in [2.45, 2.75) is 13.1 Å². The second-order valence-electron chi connectivity index (χ2n) is 5.88. The van der Waals surface area contributed by atoms with Gasteiger partial charge in [0.2, 0.25) is 0 Å². The minimum atomic E-state index is -0.289. The van der Waals surface area contributed by atoms with Crippen molar-refractivity contribution in [3.8, 4) is 0 Å². The molecule has 122 valence electrons. The van der Waals surface area contributed by atoms with Gasteiger partial charge in [0, 0.05) is 49.3 Å². The number of hydrogen-bond donors (Lipinski definition) is 0. The monoisotopic (exact) mass is 352 g/mol. The molecule has 5 heteroatoms. The molecule has 3 rings (SSSR count). The average molecular weight is 353 g/mol. The topological polar surface area (TPSA) is 6.48 Å². The van der Waals surface area contributed by atoms with E-state index in [9.17, 15) is 4.39 Å². The van der Waals surface area contributed by atoms with E-state index in [1.54, 1.807) is 6.07 Å². The van der Waals surface area contributed by atoms with Gasteiger partial charge in [-0.3, -0.25) is 9.80 Å². The zero-order valence-corrected chi connectivity index (χ0v) is 14.3. The van der Waals surface area contributed by atoms with E-state index < -0.39 is 0 Å². The fourth-order valence-electron chi connectivity index (χ4n) is 2.86. The van der Waals surface area contributed by atoms with Crippen molar-refractivity contribution in [1.82, 2.24) is 9.80 Å². The minimum absolute atomic E-state index is 0.289. The van der Waals surface area contributed by atoms with Crippen LogP contribution in [-0.2, 0) is 13.1 Å². The molecule has 0 atom stereocenters.